The second-order valence-corrected chi connectivity index (χ2v) is 9.60. The van der Waals surface area contributed by atoms with Gasteiger partial charge in [0.05, 0.1) is 19.0 Å². The molecule has 2 aliphatic heterocycles. The van der Waals surface area contributed by atoms with Gasteiger partial charge in [-0.15, -0.1) is 11.3 Å². The summed E-state index contributed by atoms with van der Waals surface area (Å²) in [6, 6.07) is 1.78. The summed E-state index contributed by atoms with van der Waals surface area (Å²) in [6.07, 6.45) is 0.619. The maximum Gasteiger partial charge on any atom is 0.267 e. The van der Waals surface area contributed by atoms with E-state index in [2.05, 4.69) is 0 Å². The average Bonchev–Trinajstić information content (AvgIpc) is 3.05. The SMILES string of the molecule is CCOCC1CCS(=O)(=O)C12CN(C(=O)c1sccc1OCC)C2. The lowest BCUT2D eigenvalue weighted by Gasteiger charge is -2.49. The van der Waals surface area contributed by atoms with Crippen molar-refractivity contribution in [3.63, 3.8) is 0 Å². The maximum atomic E-state index is 12.7. The van der Waals surface area contributed by atoms with Crippen LogP contribution in [-0.4, -0.2) is 62.6 Å². The van der Waals surface area contributed by atoms with Crippen LogP contribution >= 0.6 is 11.3 Å². The van der Waals surface area contributed by atoms with Crippen molar-refractivity contribution in [2.75, 3.05) is 38.7 Å². The molecule has 3 heterocycles. The Morgan fingerprint density at radius 2 is 2.12 bits per heavy atom. The predicted molar refractivity (Wildman–Crippen MR) is 92.5 cm³/mol. The molecule has 1 aromatic rings. The fourth-order valence-corrected chi connectivity index (χ4v) is 6.78. The lowest BCUT2D eigenvalue weighted by molar-refractivity contribution is 0.0272. The number of carbonyl (C=O) groups is 1. The van der Waals surface area contributed by atoms with Crippen molar-refractivity contribution in [1.82, 2.24) is 4.90 Å². The van der Waals surface area contributed by atoms with Gasteiger partial charge in [-0.05, 0) is 31.7 Å². The third-order valence-corrected chi connectivity index (χ3v) is 8.44. The number of hydrogen-bond acceptors (Lipinski definition) is 6. The van der Waals surface area contributed by atoms with Gasteiger partial charge in [0.2, 0.25) is 0 Å². The molecular formula is C16H23NO5S2. The van der Waals surface area contributed by atoms with Gasteiger partial charge in [0.1, 0.15) is 15.4 Å². The highest BCUT2D eigenvalue weighted by molar-refractivity contribution is 7.93. The minimum Gasteiger partial charge on any atom is -0.492 e. The summed E-state index contributed by atoms with van der Waals surface area (Å²) in [5.74, 6) is 0.599. The van der Waals surface area contributed by atoms with E-state index in [0.29, 0.717) is 36.9 Å². The van der Waals surface area contributed by atoms with Gasteiger partial charge in [0, 0.05) is 25.6 Å². The summed E-state index contributed by atoms with van der Waals surface area (Å²) < 4.78 is 35.2. The molecule has 3 rings (SSSR count). The Kier molecular flexibility index (Phi) is 4.90. The van der Waals surface area contributed by atoms with Crippen molar-refractivity contribution in [1.29, 1.82) is 0 Å². The zero-order valence-electron chi connectivity index (χ0n) is 14.0. The Hall–Kier alpha value is -1.12. The van der Waals surface area contributed by atoms with E-state index in [1.165, 1.54) is 11.3 Å². The molecule has 2 saturated heterocycles. The Bertz CT molecular complexity index is 706. The number of sulfone groups is 1. The molecule has 0 N–H and O–H groups in total. The number of rotatable bonds is 6. The van der Waals surface area contributed by atoms with Gasteiger partial charge in [0.25, 0.3) is 5.91 Å². The second kappa shape index (κ2) is 6.65. The van der Waals surface area contributed by atoms with Crippen molar-refractivity contribution in [2.24, 2.45) is 5.92 Å². The van der Waals surface area contributed by atoms with Gasteiger partial charge in [-0.1, -0.05) is 0 Å². The van der Waals surface area contributed by atoms with Gasteiger partial charge in [-0.3, -0.25) is 4.79 Å². The van der Waals surface area contributed by atoms with Crippen LogP contribution in [0.15, 0.2) is 11.4 Å². The van der Waals surface area contributed by atoms with E-state index in [9.17, 15) is 13.2 Å². The topological polar surface area (TPSA) is 72.9 Å². The molecule has 1 aromatic heterocycles. The molecule has 0 saturated carbocycles. The summed E-state index contributed by atoms with van der Waals surface area (Å²) >= 11 is 1.33. The Morgan fingerprint density at radius 1 is 1.38 bits per heavy atom. The maximum absolute atomic E-state index is 12.7. The summed E-state index contributed by atoms with van der Waals surface area (Å²) in [6.45, 7) is 5.80. The molecule has 8 heteroatoms. The number of ether oxygens (including phenoxy) is 2. The van der Waals surface area contributed by atoms with Crippen LogP contribution < -0.4 is 4.74 Å². The highest BCUT2D eigenvalue weighted by Crippen LogP contribution is 2.45. The van der Waals surface area contributed by atoms with Crippen molar-refractivity contribution < 1.29 is 22.7 Å². The second-order valence-electron chi connectivity index (χ2n) is 6.24. The fraction of sp³-hybridized carbons (Fsp3) is 0.688. The van der Waals surface area contributed by atoms with Crippen LogP contribution in [0.4, 0.5) is 0 Å². The van der Waals surface area contributed by atoms with Gasteiger partial charge >= 0.3 is 0 Å². The normalized spacial score (nSPS) is 24.1. The molecular weight excluding hydrogens is 350 g/mol. The molecule has 2 aliphatic rings. The van der Waals surface area contributed by atoms with Crippen LogP contribution in [0, 0.1) is 5.92 Å². The number of amides is 1. The molecule has 2 fully saturated rings. The van der Waals surface area contributed by atoms with Gasteiger partial charge < -0.3 is 14.4 Å². The average molecular weight is 373 g/mol. The van der Waals surface area contributed by atoms with E-state index in [1.807, 2.05) is 19.2 Å². The Labute approximate surface area is 146 Å². The van der Waals surface area contributed by atoms with E-state index in [0.717, 1.165) is 0 Å². The zero-order valence-corrected chi connectivity index (χ0v) is 15.6. The van der Waals surface area contributed by atoms with E-state index in [1.54, 1.807) is 11.0 Å². The molecule has 0 aliphatic carbocycles. The first-order valence-electron chi connectivity index (χ1n) is 8.24. The third kappa shape index (κ3) is 2.74. The summed E-state index contributed by atoms with van der Waals surface area (Å²) in [7, 11) is -3.19. The molecule has 1 spiro atoms. The molecule has 0 radical (unpaired) electrons. The fourth-order valence-electron chi connectivity index (χ4n) is 3.58. The molecule has 1 unspecified atom stereocenters. The van der Waals surface area contributed by atoms with Crippen molar-refractivity contribution >= 4 is 27.1 Å². The Morgan fingerprint density at radius 3 is 2.79 bits per heavy atom. The van der Waals surface area contributed by atoms with Crippen LogP contribution in [0.5, 0.6) is 5.75 Å². The monoisotopic (exact) mass is 373 g/mol. The number of thiophene rings is 1. The molecule has 134 valence electrons. The standard InChI is InChI=1S/C16H23NO5S2/c1-3-21-9-12-6-8-24(19,20)16(12)10-17(11-16)15(18)14-13(22-4-2)5-7-23-14/h5,7,12H,3-4,6,8-11H2,1-2H3. The molecule has 24 heavy (non-hydrogen) atoms. The van der Waals surface area contributed by atoms with Gasteiger partial charge in [-0.2, -0.15) is 0 Å². The van der Waals surface area contributed by atoms with E-state index in [4.69, 9.17) is 9.47 Å². The lowest BCUT2D eigenvalue weighted by atomic mass is 9.83. The number of hydrogen-bond donors (Lipinski definition) is 0. The van der Waals surface area contributed by atoms with Gasteiger partial charge in [0.15, 0.2) is 9.84 Å². The van der Waals surface area contributed by atoms with Crippen LogP contribution in [0.2, 0.25) is 0 Å². The predicted octanol–water partition coefficient (Wildman–Crippen LogP) is 1.81. The molecule has 0 aromatic carbocycles. The van der Waals surface area contributed by atoms with E-state index in [-0.39, 0.29) is 30.7 Å². The first kappa shape index (κ1) is 17.7. The minimum absolute atomic E-state index is 0.0267. The van der Waals surface area contributed by atoms with Gasteiger partial charge in [-0.25, -0.2) is 8.42 Å². The van der Waals surface area contributed by atoms with Crippen LogP contribution in [0.3, 0.4) is 0 Å². The number of likely N-dealkylation sites (tertiary alicyclic amines) is 1. The van der Waals surface area contributed by atoms with Crippen molar-refractivity contribution in [3.05, 3.63) is 16.3 Å². The third-order valence-electron chi connectivity index (χ3n) is 4.95. The smallest absolute Gasteiger partial charge is 0.267 e. The minimum atomic E-state index is -3.19. The summed E-state index contributed by atoms with van der Waals surface area (Å²) in [4.78, 5) is 14.9. The van der Waals surface area contributed by atoms with Crippen LogP contribution in [-0.2, 0) is 14.6 Å². The number of carbonyl (C=O) groups excluding carboxylic acids is 1. The lowest BCUT2D eigenvalue weighted by Crippen LogP contribution is -2.68. The first-order valence-corrected chi connectivity index (χ1v) is 10.8. The molecule has 0 bridgehead atoms. The van der Waals surface area contributed by atoms with E-state index < -0.39 is 14.6 Å². The van der Waals surface area contributed by atoms with Crippen LogP contribution in [0.25, 0.3) is 0 Å². The van der Waals surface area contributed by atoms with Crippen molar-refractivity contribution in [2.45, 2.75) is 25.0 Å². The summed E-state index contributed by atoms with van der Waals surface area (Å²) in [5, 5.41) is 1.82. The van der Waals surface area contributed by atoms with Crippen LogP contribution in [0.1, 0.15) is 29.9 Å². The highest BCUT2D eigenvalue weighted by atomic mass is 32.2. The largest absolute Gasteiger partial charge is 0.492 e. The number of nitrogens with zero attached hydrogens (tertiary/aromatic N) is 1. The highest BCUT2D eigenvalue weighted by Gasteiger charge is 2.62. The quantitative estimate of drug-likeness (QED) is 0.760. The zero-order chi connectivity index (χ0) is 17.4. The van der Waals surface area contributed by atoms with Crippen molar-refractivity contribution in [3.8, 4) is 5.75 Å². The summed E-state index contributed by atoms with van der Waals surface area (Å²) in [5.41, 5.74) is 0. The van der Waals surface area contributed by atoms with E-state index >= 15 is 0 Å². The molecule has 6 nitrogen and oxygen atoms in total. The Balaban J connectivity index is 1.74. The molecule has 1 amide bonds. The molecule has 1 atom stereocenters. The first-order chi connectivity index (χ1) is 11.4.